The lowest BCUT2D eigenvalue weighted by atomic mass is 10.1. The number of hydrogen-bond donors (Lipinski definition) is 0. The Labute approximate surface area is 150 Å². The van der Waals surface area contributed by atoms with E-state index in [9.17, 15) is 14.9 Å². The molecule has 0 radical (unpaired) electrons. The van der Waals surface area contributed by atoms with Gasteiger partial charge in [-0.2, -0.15) is 0 Å². The number of aryl methyl sites for hydroxylation is 1. The Morgan fingerprint density at radius 3 is 2.46 bits per heavy atom. The molecule has 132 valence electrons. The fourth-order valence-corrected chi connectivity index (χ4v) is 2.50. The van der Waals surface area contributed by atoms with Crippen molar-refractivity contribution >= 4 is 29.3 Å². The largest absolute Gasteiger partial charge is 0.402 e. The number of anilines is 1. The summed E-state index contributed by atoms with van der Waals surface area (Å²) >= 11 is 0. The monoisotopic (exact) mass is 351 g/mol. The van der Waals surface area contributed by atoms with E-state index in [2.05, 4.69) is 4.99 Å². The molecule has 26 heavy (non-hydrogen) atoms. The topological polar surface area (TPSA) is 85.0 Å². The van der Waals surface area contributed by atoms with Crippen molar-refractivity contribution in [2.75, 3.05) is 19.0 Å². The van der Waals surface area contributed by atoms with Crippen molar-refractivity contribution in [3.8, 4) is 0 Å². The lowest BCUT2D eigenvalue weighted by Gasteiger charge is -2.11. The number of nitrogens with zero attached hydrogens (tertiary/aromatic N) is 3. The maximum atomic E-state index is 12.1. The van der Waals surface area contributed by atoms with Crippen molar-refractivity contribution < 1.29 is 14.5 Å². The van der Waals surface area contributed by atoms with Crippen LogP contribution in [-0.2, 0) is 9.53 Å². The molecule has 0 unspecified atom stereocenters. The molecule has 0 spiro atoms. The fourth-order valence-electron chi connectivity index (χ4n) is 2.50. The Balaban J connectivity index is 1.91. The number of cyclic esters (lactones) is 1. The van der Waals surface area contributed by atoms with Gasteiger partial charge in [0.05, 0.1) is 4.92 Å². The molecule has 0 amide bonds. The summed E-state index contributed by atoms with van der Waals surface area (Å²) in [5.74, 6) is -0.519. The van der Waals surface area contributed by atoms with Crippen LogP contribution in [0.2, 0.25) is 0 Å². The van der Waals surface area contributed by atoms with E-state index in [1.54, 1.807) is 25.1 Å². The highest BCUT2D eigenvalue weighted by Gasteiger charge is 2.25. The minimum Gasteiger partial charge on any atom is -0.402 e. The van der Waals surface area contributed by atoms with E-state index in [4.69, 9.17) is 4.74 Å². The molecule has 1 aliphatic heterocycles. The Morgan fingerprint density at radius 1 is 1.15 bits per heavy atom. The van der Waals surface area contributed by atoms with Crippen LogP contribution in [0.15, 0.2) is 53.2 Å². The van der Waals surface area contributed by atoms with Crippen LogP contribution in [0.25, 0.3) is 6.08 Å². The molecule has 0 saturated heterocycles. The van der Waals surface area contributed by atoms with E-state index in [1.165, 1.54) is 6.07 Å². The molecule has 2 aromatic rings. The summed E-state index contributed by atoms with van der Waals surface area (Å²) in [6, 6.07) is 12.2. The zero-order valence-electron chi connectivity index (χ0n) is 14.6. The summed E-state index contributed by atoms with van der Waals surface area (Å²) in [7, 11) is 3.89. The number of carbonyl (C=O) groups excluding carboxylic acids is 1. The zero-order chi connectivity index (χ0) is 18.8. The highest BCUT2D eigenvalue weighted by atomic mass is 16.6. The third-order valence-electron chi connectivity index (χ3n) is 3.99. The maximum Gasteiger partial charge on any atom is 0.363 e. The van der Waals surface area contributed by atoms with Gasteiger partial charge >= 0.3 is 5.97 Å². The standard InChI is InChI=1S/C19H17N3O4/c1-12-4-7-14(11-17(12)22(24)25)18-20-16(19(23)26-18)10-13-5-8-15(9-6-13)21(2)3/h4-11H,1-3H3/b16-10+. The minimum absolute atomic E-state index is 0.0436. The van der Waals surface area contributed by atoms with Crippen LogP contribution in [-0.4, -0.2) is 30.9 Å². The second-order valence-corrected chi connectivity index (χ2v) is 6.08. The highest BCUT2D eigenvalue weighted by molar-refractivity contribution is 6.13. The predicted octanol–water partition coefficient (Wildman–Crippen LogP) is 3.31. The smallest absolute Gasteiger partial charge is 0.363 e. The van der Waals surface area contributed by atoms with Gasteiger partial charge in [-0.1, -0.05) is 18.2 Å². The molecule has 7 heteroatoms. The van der Waals surface area contributed by atoms with E-state index < -0.39 is 10.9 Å². The quantitative estimate of drug-likeness (QED) is 0.365. The van der Waals surface area contributed by atoms with Crippen LogP contribution in [0.1, 0.15) is 16.7 Å². The lowest BCUT2D eigenvalue weighted by Crippen LogP contribution is -2.08. The number of aliphatic imine (C=N–C) groups is 1. The van der Waals surface area contributed by atoms with Gasteiger partial charge in [-0.15, -0.1) is 0 Å². The first-order valence-corrected chi connectivity index (χ1v) is 7.90. The van der Waals surface area contributed by atoms with E-state index in [0.29, 0.717) is 11.1 Å². The zero-order valence-corrected chi connectivity index (χ0v) is 14.6. The number of nitro groups is 1. The Kier molecular flexibility index (Phi) is 4.53. The number of carbonyl (C=O) groups is 1. The fraction of sp³-hybridized carbons (Fsp3) is 0.158. The van der Waals surface area contributed by atoms with Crippen LogP contribution >= 0.6 is 0 Å². The molecule has 0 aromatic heterocycles. The van der Waals surface area contributed by atoms with E-state index >= 15 is 0 Å². The van der Waals surface area contributed by atoms with E-state index in [-0.39, 0.29) is 17.3 Å². The third-order valence-corrected chi connectivity index (χ3v) is 3.99. The number of rotatable bonds is 4. The molecule has 0 aliphatic carbocycles. The van der Waals surface area contributed by atoms with Gasteiger partial charge in [0, 0.05) is 37.0 Å². The summed E-state index contributed by atoms with van der Waals surface area (Å²) in [6.45, 7) is 1.65. The molecule has 1 aliphatic rings. The van der Waals surface area contributed by atoms with Crippen LogP contribution in [0.3, 0.4) is 0 Å². The van der Waals surface area contributed by atoms with Gasteiger partial charge in [0.2, 0.25) is 5.90 Å². The van der Waals surface area contributed by atoms with Crippen LogP contribution < -0.4 is 4.90 Å². The van der Waals surface area contributed by atoms with Crippen molar-refractivity contribution in [1.29, 1.82) is 0 Å². The summed E-state index contributed by atoms with van der Waals surface area (Å²) in [5, 5.41) is 11.1. The molecule has 3 rings (SSSR count). The van der Waals surface area contributed by atoms with E-state index in [1.807, 2.05) is 43.3 Å². The maximum absolute atomic E-state index is 12.1. The van der Waals surface area contributed by atoms with Crippen molar-refractivity contribution in [2.45, 2.75) is 6.92 Å². The minimum atomic E-state index is -0.583. The summed E-state index contributed by atoms with van der Waals surface area (Å²) in [5.41, 5.74) is 2.88. The average molecular weight is 351 g/mol. The molecule has 0 bridgehead atoms. The first kappa shape index (κ1) is 17.3. The summed E-state index contributed by atoms with van der Waals surface area (Å²) in [6.07, 6.45) is 1.62. The highest BCUT2D eigenvalue weighted by Crippen LogP contribution is 2.24. The third kappa shape index (κ3) is 3.46. The van der Waals surface area contributed by atoms with Gasteiger partial charge in [-0.25, -0.2) is 9.79 Å². The van der Waals surface area contributed by atoms with Gasteiger partial charge in [0.1, 0.15) is 0 Å². The van der Waals surface area contributed by atoms with Gasteiger partial charge < -0.3 is 9.64 Å². The van der Waals surface area contributed by atoms with Crippen LogP contribution in [0, 0.1) is 17.0 Å². The lowest BCUT2D eigenvalue weighted by molar-refractivity contribution is -0.385. The first-order valence-electron chi connectivity index (χ1n) is 7.90. The number of nitro benzene ring substituents is 1. The molecular formula is C19H17N3O4. The molecule has 0 saturated carbocycles. The van der Waals surface area contributed by atoms with Gasteiger partial charge in [-0.3, -0.25) is 10.1 Å². The Hall–Kier alpha value is -3.48. The summed E-state index contributed by atoms with van der Waals surface area (Å²) in [4.78, 5) is 28.8. The van der Waals surface area contributed by atoms with Crippen LogP contribution in [0.4, 0.5) is 11.4 Å². The second-order valence-electron chi connectivity index (χ2n) is 6.08. The van der Waals surface area contributed by atoms with Crippen molar-refractivity contribution in [1.82, 2.24) is 0 Å². The molecule has 0 fully saturated rings. The first-order chi connectivity index (χ1) is 12.3. The van der Waals surface area contributed by atoms with E-state index in [0.717, 1.165) is 11.3 Å². The predicted molar refractivity (Wildman–Crippen MR) is 99.2 cm³/mol. The molecule has 2 aromatic carbocycles. The number of hydrogen-bond acceptors (Lipinski definition) is 6. The number of benzene rings is 2. The van der Waals surface area contributed by atoms with Crippen molar-refractivity contribution in [3.63, 3.8) is 0 Å². The van der Waals surface area contributed by atoms with Crippen molar-refractivity contribution in [2.24, 2.45) is 4.99 Å². The normalized spacial score (nSPS) is 15.0. The van der Waals surface area contributed by atoms with Crippen molar-refractivity contribution in [3.05, 3.63) is 75.0 Å². The average Bonchev–Trinajstić information content (AvgIpc) is 2.96. The molecule has 7 nitrogen and oxygen atoms in total. The van der Waals surface area contributed by atoms with Gasteiger partial charge in [0.25, 0.3) is 5.69 Å². The van der Waals surface area contributed by atoms with Gasteiger partial charge in [-0.05, 0) is 36.8 Å². The Bertz CT molecular complexity index is 944. The second kappa shape index (κ2) is 6.79. The molecule has 1 heterocycles. The summed E-state index contributed by atoms with van der Waals surface area (Å²) < 4.78 is 5.18. The van der Waals surface area contributed by atoms with Gasteiger partial charge in [0.15, 0.2) is 5.70 Å². The Morgan fingerprint density at radius 2 is 1.85 bits per heavy atom. The van der Waals surface area contributed by atoms with Crippen LogP contribution in [0.5, 0.6) is 0 Å². The molecule has 0 atom stereocenters. The number of ether oxygens (including phenoxy) is 1. The SMILES string of the molecule is Cc1ccc(C2=N/C(=C/c3ccc(N(C)C)cc3)C(=O)O2)cc1[N+](=O)[O-]. The molecule has 0 N–H and O–H groups in total. The number of esters is 1. The molecular weight excluding hydrogens is 334 g/mol.